The van der Waals surface area contributed by atoms with Crippen molar-refractivity contribution in [2.24, 2.45) is 0 Å². The topological polar surface area (TPSA) is 78.9 Å². The van der Waals surface area contributed by atoms with Crippen LogP contribution in [-0.4, -0.2) is 10.9 Å². The number of aromatic nitrogens is 1. The molecule has 0 radical (unpaired) electrons. The highest BCUT2D eigenvalue weighted by Crippen LogP contribution is 2.23. The summed E-state index contributed by atoms with van der Waals surface area (Å²) in [6.07, 6.45) is 1.39. The molecule has 0 unspecified atom stereocenters. The monoisotopic (exact) mass is 309 g/mol. The molecule has 0 bridgehead atoms. The average molecular weight is 309 g/mol. The molecule has 0 saturated carbocycles. The van der Waals surface area contributed by atoms with Gasteiger partial charge < -0.3 is 9.84 Å². The molecular formula is C18H19N3O2. The van der Waals surface area contributed by atoms with E-state index in [0.717, 1.165) is 11.3 Å². The second-order valence-electron chi connectivity index (χ2n) is 6.34. The molecule has 118 valence electrons. The van der Waals surface area contributed by atoms with E-state index in [0.29, 0.717) is 5.76 Å². The maximum absolute atomic E-state index is 12.3. The number of hydrogen-bond donors (Lipinski definition) is 1. The maximum atomic E-state index is 12.3. The zero-order chi connectivity index (χ0) is 17.0. The Hall–Kier alpha value is -2.87. The summed E-state index contributed by atoms with van der Waals surface area (Å²) in [6.45, 7) is 7.87. The van der Waals surface area contributed by atoms with Gasteiger partial charge in [-0.2, -0.15) is 5.26 Å². The fourth-order valence-electron chi connectivity index (χ4n) is 1.83. The Morgan fingerprint density at radius 3 is 2.48 bits per heavy atom. The van der Waals surface area contributed by atoms with Crippen LogP contribution in [0.15, 0.2) is 46.6 Å². The molecule has 23 heavy (non-hydrogen) atoms. The Labute approximate surface area is 135 Å². The lowest BCUT2D eigenvalue weighted by Gasteiger charge is -2.12. The number of aryl methyl sites for hydroxylation is 1. The number of carbonyl (C=O) groups excluding carboxylic acids is 1. The second-order valence-corrected chi connectivity index (χ2v) is 6.34. The van der Waals surface area contributed by atoms with Crippen LogP contribution in [0.2, 0.25) is 0 Å². The number of benzene rings is 1. The molecule has 0 fully saturated rings. The highest BCUT2D eigenvalue weighted by Gasteiger charge is 2.23. The van der Waals surface area contributed by atoms with Gasteiger partial charge in [0, 0.05) is 23.4 Å². The van der Waals surface area contributed by atoms with Gasteiger partial charge in [-0.15, -0.1) is 0 Å². The third kappa shape index (κ3) is 4.07. The number of ketones is 1. The van der Waals surface area contributed by atoms with Crippen molar-refractivity contribution < 1.29 is 9.32 Å². The number of carbonyl (C=O) groups is 1. The van der Waals surface area contributed by atoms with Gasteiger partial charge >= 0.3 is 0 Å². The van der Waals surface area contributed by atoms with Crippen LogP contribution in [0.1, 0.15) is 42.6 Å². The van der Waals surface area contributed by atoms with Crippen molar-refractivity contribution in [1.29, 1.82) is 5.26 Å². The number of nitrogens with one attached hydrogen (secondary N) is 1. The molecule has 1 N–H and O–H groups in total. The van der Waals surface area contributed by atoms with Crippen LogP contribution in [0.3, 0.4) is 0 Å². The first-order valence-electron chi connectivity index (χ1n) is 7.26. The molecule has 2 aromatic rings. The largest absolute Gasteiger partial charge is 0.360 e. The van der Waals surface area contributed by atoms with E-state index in [2.05, 4.69) is 10.5 Å². The molecule has 0 spiro atoms. The molecule has 0 atom stereocenters. The molecule has 0 aliphatic carbocycles. The lowest BCUT2D eigenvalue weighted by molar-refractivity contribution is 0.103. The van der Waals surface area contributed by atoms with E-state index in [9.17, 15) is 10.1 Å². The van der Waals surface area contributed by atoms with Crippen molar-refractivity contribution in [1.82, 2.24) is 5.16 Å². The number of rotatable bonds is 4. The molecule has 1 aromatic carbocycles. The van der Waals surface area contributed by atoms with Gasteiger partial charge in [0.25, 0.3) is 0 Å². The van der Waals surface area contributed by atoms with Crippen LogP contribution >= 0.6 is 0 Å². The summed E-state index contributed by atoms with van der Waals surface area (Å²) in [6, 6.07) is 11.1. The van der Waals surface area contributed by atoms with Gasteiger partial charge in [0.2, 0.25) is 5.78 Å². The van der Waals surface area contributed by atoms with E-state index in [1.807, 2.05) is 58.0 Å². The normalized spacial score (nSPS) is 11.9. The van der Waals surface area contributed by atoms with E-state index in [4.69, 9.17) is 4.52 Å². The zero-order valence-electron chi connectivity index (χ0n) is 13.7. The number of anilines is 1. The van der Waals surface area contributed by atoms with Crippen molar-refractivity contribution in [3.8, 4) is 6.07 Å². The minimum atomic E-state index is -0.466. The maximum Gasteiger partial charge on any atom is 0.226 e. The number of nitrogens with zero attached hydrogens (tertiary/aromatic N) is 2. The van der Waals surface area contributed by atoms with E-state index in [1.54, 1.807) is 6.07 Å². The van der Waals surface area contributed by atoms with Crippen LogP contribution in [0.4, 0.5) is 5.69 Å². The van der Waals surface area contributed by atoms with E-state index < -0.39 is 5.78 Å². The Kier molecular flexibility index (Phi) is 4.65. The second kappa shape index (κ2) is 6.49. The first-order valence-corrected chi connectivity index (χ1v) is 7.26. The molecule has 1 aromatic heterocycles. The minimum absolute atomic E-state index is 0.0284. The fourth-order valence-corrected chi connectivity index (χ4v) is 1.83. The van der Waals surface area contributed by atoms with Crippen LogP contribution in [0, 0.1) is 18.3 Å². The number of Topliss-reactive ketones (excluding diaryl/α,β-unsaturated/α-hetero) is 1. The lowest BCUT2D eigenvalue weighted by atomic mass is 9.93. The van der Waals surface area contributed by atoms with Gasteiger partial charge in [-0.1, -0.05) is 43.6 Å². The Morgan fingerprint density at radius 1 is 1.30 bits per heavy atom. The van der Waals surface area contributed by atoms with Gasteiger partial charge in [0.1, 0.15) is 17.4 Å². The first-order chi connectivity index (χ1) is 10.8. The summed E-state index contributed by atoms with van der Waals surface area (Å²) in [5, 5.41) is 15.9. The summed E-state index contributed by atoms with van der Waals surface area (Å²) in [5.74, 6) is 0.135. The molecule has 0 amide bonds. The third-order valence-electron chi connectivity index (χ3n) is 3.28. The van der Waals surface area contributed by atoms with Crippen molar-refractivity contribution >= 4 is 11.5 Å². The molecule has 0 aliphatic rings. The SMILES string of the molecule is Cc1ccc(N/C=C(\C#N)C(=O)c2cc(C(C)(C)C)on2)cc1. The molecule has 0 aliphatic heterocycles. The molecule has 5 heteroatoms. The standard InChI is InChI=1S/C18H19N3O2/c1-12-5-7-14(8-6-12)20-11-13(10-19)17(22)15-9-16(23-21-15)18(2,3)4/h5-9,11,20H,1-4H3/b13-11+. The Morgan fingerprint density at radius 2 is 1.96 bits per heavy atom. The van der Waals surface area contributed by atoms with E-state index in [1.165, 1.54) is 6.20 Å². The summed E-state index contributed by atoms with van der Waals surface area (Å²) < 4.78 is 5.19. The number of hydrogen-bond acceptors (Lipinski definition) is 5. The molecular weight excluding hydrogens is 290 g/mol. The van der Waals surface area contributed by atoms with Crippen LogP contribution in [-0.2, 0) is 5.41 Å². The zero-order valence-corrected chi connectivity index (χ0v) is 13.7. The van der Waals surface area contributed by atoms with Gasteiger partial charge in [-0.3, -0.25) is 4.79 Å². The van der Waals surface area contributed by atoms with Crippen molar-refractivity contribution in [3.05, 3.63) is 59.1 Å². The lowest BCUT2D eigenvalue weighted by Crippen LogP contribution is -2.09. The average Bonchev–Trinajstić information content (AvgIpc) is 2.99. The van der Waals surface area contributed by atoms with Crippen LogP contribution in [0.25, 0.3) is 0 Å². The van der Waals surface area contributed by atoms with Gasteiger partial charge in [0.05, 0.1) is 0 Å². The Bertz CT molecular complexity index is 772. The van der Waals surface area contributed by atoms with Crippen LogP contribution < -0.4 is 5.32 Å². The van der Waals surface area contributed by atoms with Gasteiger partial charge in [-0.25, -0.2) is 0 Å². The van der Waals surface area contributed by atoms with Crippen LogP contribution in [0.5, 0.6) is 0 Å². The van der Waals surface area contributed by atoms with E-state index >= 15 is 0 Å². The highest BCUT2D eigenvalue weighted by atomic mass is 16.5. The van der Waals surface area contributed by atoms with E-state index in [-0.39, 0.29) is 16.7 Å². The third-order valence-corrected chi connectivity index (χ3v) is 3.28. The molecule has 0 saturated heterocycles. The quantitative estimate of drug-likeness (QED) is 0.525. The van der Waals surface area contributed by atoms with Gasteiger partial charge in [-0.05, 0) is 19.1 Å². The summed E-state index contributed by atoms with van der Waals surface area (Å²) in [4.78, 5) is 12.3. The summed E-state index contributed by atoms with van der Waals surface area (Å²) in [5.41, 5.74) is 1.79. The van der Waals surface area contributed by atoms with Gasteiger partial charge in [0.15, 0.2) is 5.69 Å². The fraction of sp³-hybridized carbons (Fsp3) is 0.278. The number of allylic oxidation sites excluding steroid dienone is 1. The smallest absolute Gasteiger partial charge is 0.226 e. The Balaban J connectivity index is 2.18. The summed E-state index contributed by atoms with van der Waals surface area (Å²) >= 11 is 0. The van der Waals surface area contributed by atoms with Crippen molar-refractivity contribution in [2.75, 3.05) is 5.32 Å². The minimum Gasteiger partial charge on any atom is -0.360 e. The first kappa shape index (κ1) is 16.5. The van der Waals surface area contributed by atoms with Crippen molar-refractivity contribution in [3.63, 3.8) is 0 Å². The molecule has 2 rings (SSSR count). The molecule has 1 heterocycles. The highest BCUT2D eigenvalue weighted by molar-refractivity contribution is 6.10. The predicted octanol–water partition coefficient (Wildman–Crippen LogP) is 3.98. The van der Waals surface area contributed by atoms with Crippen molar-refractivity contribution in [2.45, 2.75) is 33.1 Å². The molecule has 5 nitrogen and oxygen atoms in total. The predicted molar refractivity (Wildman–Crippen MR) is 88.0 cm³/mol. The number of nitriles is 1. The summed E-state index contributed by atoms with van der Waals surface area (Å²) in [7, 11) is 0.